The van der Waals surface area contributed by atoms with Crippen LogP contribution < -0.4 is 0 Å². The van der Waals surface area contributed by atoms with Crippen LogP contribution in [0.2, 0.25) is 0 Å². The predicted molar refractivity (Wildman–Crippen MR) is 123 cm³/mol. The number of likely N-dealkylation sites (tertiary alicyclic amines) is 1. The number of ketones is 1. The van der Waals surface area contributed by atoms with Crippen LogP contribution in [0, 0.1) is 0 Å². The smallest absolute Gasteiger partial charge is 0.187 e. The number of Topliss-reactive ketones (excluding diaryl/α,β-unsaturated/α-hetero) is 1. The van der Waals surface area contributed by atoms with Crippen molar-refractivity contribution < 1.29 is 4.79 Å². The van der Waals surface area contributed by atoms with E-state index in [-0.39, 0.29) is 5.78 Å². The average Bonchev–Trinajstić information content (AvgIpc) is 2.74. The number of rotatable bonds is 4. The summed E-state index contributed by atoms with van der Waals surface area (Å²) >= 11 is 3.50. The van der Waals surface area contributed by atoms with Gasteiger partial charge in [-0.1, -0.05) is 88.7 Å². The fraction of sp³-hybridized carbons (Fsp3) is 0.115. The van der Waals surface area contributed by atoms with E-state index < -0.39 is 0 Å². The lowest BCUT2D eigenvalue weighted by atomic mass is 9.94. The molecule has 0 radical (unpaired) electrons. The van der Waals surface area contributed by atoms with Gasteiger partial charge in [0, 0.05) is 35.3 Å². The number of hydrogen-bond donors (Lipinski definition) is 0. The first-order valence-electron chi connectivity index (χ1n) is 9.70. The Bertz CT molecular complexity index is 976. The number of carbonyl (C=O) groups excluding carboxylic acids is 1. The molecule has 3 aromatic carbocycles. The Morgan fingerprint density at radius 3 is 1.69 bits per heavy atom. The van der Waals surface area contributed by atoms with Gasteiger partial charge >= 0.3 is 0 Å². The maximum atomic E-state index is 13.2. The highest BCUT2D eigenvalue weighted by molar-refractivity contribution is 9.10. The lowest BCUT2D eigenvalue weighted by Crippen LogP contribution is -2.37. The van der Waals surface area contributed by atoms with Gasteiger partial charge in [-0.2, -0.15) is 0 Å². The summed E-state index contributed by atoms with van der Waals surface area (Å²) in [6.45, 7) is 2.10. The molecule has 1 aliphatic rings. The molecule has 3 aromatic rings. The zero-order valence-corrected chi connectivity index (χ0v) is 17.7. The Balaban J connectivity index is 1.65. The first kappa shape index (κ1) is 19.6. The summed E-state index contributed by atoms with van der Waals surface area (Å²) in [5, 5.41) is 0. The summed E-state index contributed by atoms with van der Waals surface area (Å²) in [6.07, 6.45) is 4.05. The normalized spacial score (nSPS) is 17.8. The monoisotopic (exact) mass is 443 g/mol. The van der Waals surface area contributed by atoms with E-state index in [1.165, 1.54) is 5.56 Å². The summed E-state index contributed by atoms with van der Waals surface area (Å²) in [7, 11) is 0. The highest BCUT2D eigenvalue weighted by Gasteiger charge is 2.26. The van der Waals surface area contributed by atoms with Crippen molar-refractivity contribution >= 4 is 33.9 Å². The van der Waals surface area contributed by atoms with Gasteiger partial charge in [0.1, 0.15) is 0 Å². The van der Waals surface area contributed by atoms with Crippen LogP contribution in [-0.2, 0) is 11.3 Å². The Morgan fingerprint density at radius 2 is 1.21 bits per heavy atom. The zero-order chi connectivity index (χ0) is 20.1. The molecule has 0 amide bonds. The molecule has 144 valence electrons. The molecule has 1 heterocycles. The number of benzene rings is 3. The first-order valence-corrected chi connectivity index (χ1v) is 10.5. The minimum atomic E-state index is 0.143. The van der Waals surface area contributed by atoms with Crippen molar-refractivity contribution in [3.8, 4) is 0 Å². The van der Waals surface area contributed by atoms with Crippen LogP contribution in [0.3, 0.4) is 0 Å². The molecule has 0 aromatic heterocycles. The molecule has 1 aliphatic heterocycles. The molecule has 0 saturated carbocycles. The van der Waals surface area contributed by atoms with Crippen molar-refractivity contribution in [2.24, 2.45) is 0 Å². The van der Waals surface area contributed by atoms with E-state index >= 15 is 0 Å². The molecule has 0 unspecified atom stereocenters. The van der Waals surface area contributed by atoms with Gasteiger partial charge in [-0.25, -0.2) is 0 Å². The molecular weight excluding hydrogens is 422 g/mol. The van der Waals surface area contributed by atoms with E-state index in [2.05, 4.69) is 45.1 Å². The molecule has 4 rings (SSSR count). The first-order chi connectivity index (χ1) is 14.2. The Kier molecular flexibility index (Phi) is 6.18. The molecule has 0 N–H and O–H groups in total. The van der Waals surface area contributed by atoms with Crippen LogP contribution in [0.5, 0.6) is 0 Å². The summed E-state index contributed by atoms with van der Waals surface area (Å²) in [4.78, 5) is 15.5. The minimum Gasteiger partial charge on any atom is -0.290 e. The third-order valence-corrected chi connectivity index (χ3v) is 5.50. The van der Waals surface area contributed by atoms with E-state index in [1.54, 1.807) is 0 Å². The minimum absolute atomic E-state index is 0.143. The van der Waals surface area contributed by atoms with E-state index in [0.29, 0.717) is 13.1 Å². The second kappa shape index (κ2) is 9.17. The van der Waals surface area contributed by atoms with Crippen LogP contribution in [0.25, 0.3) is 12.2 Å². The molecule has 3 heteroatoms. The molecule has 29 heavy (non-hydrogen) atoms. The summed E-state index contributed by atoms with van der Waals surface area (Å²) in [5.41, 5.74) is 5.02. The molecule has 0 bridgehead atoms. The SMILES string of the molecule is O=C1C(=Cc2ccccc2)CN(Cc2ccc(Br)cc2)CC1=Cc1ccccc1. The summed E-state index contributed by atoms with van der Waals surface area (Å²) < 4.78 is 1.07. The topological polar surface area (TPSA) is 20.3 Å². The lowest BCUT2D eigenvalue weighted by Gasteiger charge is -2.30. The zero-order valence-electron chi connectivity index (χ0n) is 16.1. The Hall–Kier alpha value is -2.75. The van der Waals surface area contributed by atoms with E-state index in [4.69, 9.17) is 0 Å². The molecule has 0 aliphatic carbocycles. The molecule has 1 fully saturated rings. The Morgan fingerprint density at radius 1 is 0.724 bits per heavy atom. The quantitative estimate of drug-likeness (QED) is 0.460. The highest BCUT2D eigenvalue weighted by atomic mass is 79.9. The van der Waals surface area contributed by atoms with Gasteiger partial charge in [-0.05, 0) is 41.0 Å². The average molecular weight is 444 g/mol. The van der Waals surface area contributed by atoms with E-state index in [9.17, 15) is 4.79 Å². The largest absolute Gasteiger partial charge is 0.290 e. The van der Waals surface area contributed by atoms with Crippen molar-refractivity contribution in [1.82, 2.24) is 4.90 Å². The van der Waals surface area contributed by atoms with Crippen molar-refractivity contribution in [1.29, 1.82) is 0 Å². The van der Waals surface area contributed by atoms with Crippen LogP contribution in [-0.4, -0.2) is 23.8 Å². The lowest BCUT2D eigenvalue weighted by molar-refractivity contribution is -0.113. The maximum Gasteiger partial charge on any atom is 0.187 e. The fourth-order valence-electron chi connectivity index (χ4n) is 3.57. The summed E-state index contributed by atoms with van der Waals surface area (Å²) in [6, 6.07) is 28.5. The van der Waals surface area contributed by atoms with Crippen molar-refractivity contribution in [3.63, 3.8) is 0 Å². The van der Waals surface area contributed by atoms with Gasteiger partial charge in [0.2, 0.25) is 0 Å². The maximum absolute atomic E-state index is 13.2. The predicted octanol–water partition coefficient (Wildman–Crippen LogP) is 6.00. The molecule has 0 atom stereocenters. The molecular formula is C26H22BrNO. The van der Waals surface area contributed by atoms with Gasteiger partial charge < -0.3 is 0 Å². The van der Waals surface area contributed by atoms with Gasteiger partial charge in [-0.3, -0.25) is 9.69 Å². The van der Waals surface area contributed by atoms with Gasteiger partial charge in [0.15, 0.2) is 5.78 Å². The van der Waals surface area contributed by atoms with E-state index in [1.807, 2.05) is 72.8 Å². The second-order valence-electron chi connectivity index (χ2n) is 7.26. The van der Waals surface area contributed by atoms with Crippen molar-refractivity contribution in [2.75, 3.05) is 13.1 Å². The molecule has 1 saturated heterocycles. The van der Waals surface area contributed by atoms with Crippen LogP contribution in [0.15, 0.2) is 101 Å². The summed E-state index contributed by atoms with van der Waals surface area (Å²) in [5.74, 6) is 0.143. The van der Waals surface area contributed by atoms with Crippen molar-refractivity contribution in [3.05, 3.63) is 117 Å². The number of hydrogen-bond acceptors (Lipinski definition) is 2. The fourth-order valence-corrected chi connectivity index (χ4v) is 3.83. The van der Waals surface area contributed by atoms with Gasteiger partial charge in [0.25, 0.3) is 0 Å². The Labute approximate surface area is 180 Å². The molecule has 2 nitrogen and oxygen atoms in total. The van der Waals surface area contributed by atoms with Gasteiger partial charge in [-0.15, -0.1) is 0 Å². The van der Waals surface area contributed by atoms with E-state index in [0.717, 1.165) is 33.3 Å². The third-order valence-electron chi connectivity index (χ3n) is 4.97. The standard InChI is InChI=1S/C26H22BrNO/c27-25-13-11-22(12-14-25)17-28-18-23(15-20-7-3-1-4-8-20)26(29)24(19-28)16-21-9-5-2-6-10-21/h1-16H,17-19H2. The number of nitrogens with zero attached hydrogens (tertiary/aromatic N) is 1. The van der Waals surface area contributed by atoms with Crippen LogP contribution in [0.1, 0.15) is 16.7 Å². The third kappa shape index (κ3) is 5.20. The number of carbonyl (C=O) groups is 1. The molecule has 0 spiro atoms. The van der Waals surface area contributed by atoms with Gasteiger partial charge in [0.05, 0.1) is 0 Å². The number of halogens is 1. The van der Waals surface area contributed by atoms with Crippen LogP contribution in [0.4, 0.5) is 0 Å². The second-order valence-corrected chi connectivity index (χ2v) is 8.18. The highest BCUT2D eigenvalue weighted by Crippen LogP contribution is 2.24. The van der Waals surface area contributed by atoms with Crippen LogP contribution >= 0.6 is 15.9 Å². The number of piperidine rings is 1. The van der Waals surface area contributed by atoms with Crippen molar-refractivity contribution in [2.45, 2.75) is 6.54 Å².